The summed E-state index contributed by atoms with van der Waals surface area (Å²) in [4.78, 5) is 24.6. The number of amides is 2. The Hall–Kier alpha value is -3.02. The predicted molar refractivity (Wildman–Crippen MR) is 118 cm³/mol. The highest BCUT2D eigenvalue weighted by atomic mass is 16.5. The topological polar surface area (TPSA) is 79.5 Å². The van der Waals surface area contributed by atoms with Crippen LogP contribution in [-0.4, -0.2) is 30.5 Å². The third-order valence-corrected chi connectivity index (χ3v) is 3.77. The molecule has 0 heterocycles. The van der Waals surface area contributed by atoms with Crippen LogP contribution < -0.4 is 20.7 Å². The van der Waals surface area contributed by atoms with Crippen molar-refractivity contribution in [2.24, 2.45) is 5.92 Å². The Kier molecular flexibility index (Phi) is 7.65. The fourth-order valence-electron chi connectivity index (χ4n) is 2.50. The van der Waals surface area contributed by atoms with Gasteiger partial charge < -0.3 is 20.7 Å². The minimum atomic E-state index is -0.326. The first-order valence-electron chi connectivity index (χ1n) is 9.81. The molecular formula is C23H31N3O3. The van der Waals surface area contributed by atoms with Gasteiger partial charge in [0.05, 0.1) is 13.2 Å². The van der Waals surface area contributed by atoms with Crippen molar-refractivity contribution in [2.75, 3.05) is 23.8 Å². The first-order chi connectivity index (χ1) is 13.6. The molecule has 0 atom stereocenters. The summed E-state index contributed by atoms with van der Waals surface area (Å²) in [5, 5.41) is 8.81. The fourth-order valence-corrected chi connectivity index (χ4v) is 2.50. The number of ether oxygens (including phenoxy) is 1. The number of hydrogen-bond donors (Lipinski definition) is 3. The zero-order valence-electron chi connectivity index (χ0n) is 17.8. The summed E-state index contributed by atoms with van der Waals surface area (Å²) in [5.41, 5.74) is 1.56. The van der Waals surface area contributed by atoms with Crippen LogP contribution in [0.5, 0.6) is 5.75 Å². The Balaban J connectivity index is 1.90. The molecule has 6 nitrogen and oxygen atoms in total. The zero-order chi connectivity index (χ0) is 21.4. The summed E-state index contributed by atoms with van der Waals surface area (Å²) >= 11 is 0. The Bertz CT molecular complexity index is 841. The second-order valence-electron chi connectivity index (χ2n) is 8.42. The second kappa shape index (κ2) is 9.96. The summed E-state index contributed by atoms with van der Waals surface area (Å²) in [6, 6.07) is 14.4. The van der Waals surface area contributed by atoms with E-state index in [1.807, 2.05) is 45.0 Å². The van der Waals surface area contributed by atoms with Crippen molar-refractivity contribution in [3.8, 4) is 5.75 Å². The van der Waals surface area contributed by atoms with Gasteiger partial charge in [-0.15, -0.1) is 0 Å². The largest absolute Gasteiger partial charge is 0.493 e. The summed E-state index contributed by atoms with van der Waals surface area (Å²) < 4.78 is 5.70. The molecule has 0 aliphatic carbocycles. The van der Waals surface area contributed by atoms with Crippen LogP contribution in [0.4, 0.5) is 11.4 Å². The molecule has 0 saturated carbocycles. The average molecular weight is 398 g/mol. The minimum Gasteiger partial charge on any atom is -0.493 e. The third-order valence-electron chi connectivity index (χ3n) is 3.77. The van der Waals surface area contributed by atoms with Crippen molar-refractivity contribution < 1.29 is 14.3 Å². The number of carbonyl (C=O) groups is 2. The summed E-state index contributed by atoms with van der Waals surface area (Å²) in [6.45, 7) is 10.7. The second-order valence-corrected chi connectivity index (χ2v) is 8.42. The van der Waals surface area contributed by atoms with Gasteiger partial charge in [0, 0.05) is 28.5 Å². The fraction of sp³-hybridized carbons (Fsp3) is 0.391. The molecular weight excluding hydrogens is 366 g/mol. The highest BCUT2D eigenvalue weighted by Gasteiger charge is 2.15. The molecule has 156 valence electrons. The summed E-state index contributed by atoms with van der Waals surface area (Å²) in [5.74, 6) is 0.831. The van der Waals surface area contributed by atoms with Crippen LogP contribution in [0.15, 0.2) is 48.5 Å². The van der Waals surface area contributed by atoms with Crippen LogP contribution in [0.2, 0.25) is 0 Å². The van der Waals surface area contributed by atoms with E-state index in [0.717, 1.165) is 11.4 Å². The molecule has 0 saturated heterocycles. The molecule has 2 rings (SSSR count). The Morgan fingerprint density at radius 2 is 1.69 bits per heavy atom. The first kappa shape index (κ1) is 22.3. The predicted octanol–water partition coefficient (Wildman–Crippen LogP) is 4.30. The maximum absolute atomic E-state index is 12.3. The molecule has 0 aliphatic rings. The molecule has 3 N–H and O–H groups in total. The lowest BCUT2D eigenvalue weighted by molar-refractivity contribution is -0.114. The van der Waals surface area contributed by atoms with Gasteiger partial charge in [0.15, 0.2) is 0 Å². The van der Waals surface area contributed by atoms with Gasteiger partial charge in [-0.1, -0.05) is 26.0 Å². The molecule has 0 fully saturated rings. The first-order valence-corrected chi connectivity index (χ1v) is 9.81. The molecule has 2 amide bonds. The van der Waals surface area contributed by atoms with Crippen LogP contribution in [0.3, 0.4) is 0 Å². The highest BCUT2D eigenvalue weighted by Crippen LogP contribution is 2.18. The van der Waals surface area contributed by atoms with E-state index in [0.29, 0.717) is 23.8 Å². The van der Waals surface area contributed by atoms with E-state index < -0.39 is 0 Å². The van der Waals surface area contributed by atoms with E-state index in [1.165, 1.54) is 0 Å². The van der Waals surface area contributed by atoms with Crippen molar-refractivity contribution in [2.45, 2.75) is 40.2 Å². The van der Waals surface area contributed by atoms with Crippen LogP contribution in [0.1, 0.15) is 45.0 Å². The van der Waals surface area contributed by atoms with E-state index in [-0.39, 0.29) is 23.9 Å². The zero-order valence-corrected chi connectivity index (χ0v) is 17.8. The van der Waals surface area contributed by atoms with Crippen molar-refractivity contribution in [1.29, 1.82) is 0 Å². The standard InChI is InChI=1S/C23H31N3O3/c1-16(2)15-29-20-11-7-9-18(13-20)24-14-21(27)25-19-10-6-8-17(12-19)22(28)26-23(3,4)5/h6-13,16,24H,14-15H2,1-5H3,(H,25,27)(H,26,28). The van der Waals surface area contributed by atoms with Gasteiger partial charge in [-0.2, -0.15) is 0 Å². The molecule has 0 radical (unpaired) electrons. The number of nitrogens with one attached hydrogen (secondary N) is 3. The van der Waals surface area contributed by atoms with Gasteiger partial charge in [-0.25, -0.2) is 0 Å². The van der Waals surface area contributed by atoms with E-state index in [9.17, 15) is 9.59 Å². The van der Waals surface area contributed by atoms with E-state index in [2.05, 4.69) is 29.8 Å². The van der Waals surface area contributed by atoms with Gasteiger partial charge in [0.1, 0.15) is 5.75 Å². The van der Waals surface area contributed by atoms with E-state index >= 15 is 0 Å². The Labute approximate surface area is 173 Å². The van der Waals surface area contributed by atoms with Crippen molar-refractivity contribution in [3.05, 3.63) is 54.1 Å². The minimum absolute atomic E-state index is 0.103. The molecule has 0 aliphatic heterocycles. The number of anilines is 2. The van der Waals surface area contributed by atoms with Gasteiger partial charge in [-0.3, -0.25) is 9.59 Å². The SMILES string of the molecule is CC(C)COc1cccc(NCC(=O)Nc2cccc(C(=O)NC(C)(C)C)c2)c1. The van der Waals surface area contributed by atoms with E-state index in [4.69, 9.17) is 4.74 Å². The summed E-state index contributed by atoms with van der Waals surface area (Å²) in [6.07, 6.45) is 0. The smallest absolute Gasteiger partial charge is 0.251 e. The molecule has 0 spiro atoms. The Morgan fingerprint density at radius 1 is 1.00 bits per heavy atom. The number of rotatable bonds is 8. The third kappa shape index (κ3) is 8.25. The van der Waals surface area contributed by atoms with Gasteiger partial charge in [-0.05, 0) is 57.0 Å². The molecule has 2 aromatic rings. The monoisotopic (exact) mass is 397 g/mol. The van der Waals surface area contributed by atoms with Crippen LogP contribution >= 0.6 is 0 Å². The Morgan fingerprint density at radius 3 is 2.38 bits per heavy atom. The molecule has 0 aromatic heterocycles. The maximum atomic E-state index is 12.3. The van der Waals surface area contributed by atoms with Crippen molar-refractivity contribution in [1.82, 2.24) is 5.32 Å². The lowest BCUT2D eigenvalue weighted by atomic mass is 10.1. The average Bonchev–Trinajstić information content (AvgIpc) is 2.64. The lowest BCUT2D eigenvalue weighted by Crippen LogP contribution is -2.40. The quantitative estimate of drug-likeness (QED) is 0.620. The molecule has 29 heavy (non-hydrogen) atoms. The van der Waals surface area contributed by atoms with Crippen molar-refractivity contribution >= 4 is 23.2 Å². The molecule has 2 aromatic carbocycles. The normalized spacial score (nSPS) is 11.1. The van der Waals surface area contributed by atoms with Crippen LogP contribution in [0, 0.1) is 5.92 Å². The van der Waals surface area contributed by atoms with E-state index in [1.54, 1.807) is 24.3 Å². The lowest BCUT2D eigenvalue weighted by Gasteiger charge is -2.20. The van der Waals surface area contributed by atoms with Crippen LogP contribution in [-0.2, 0) is 4.79 Å². The number of benzene rings is 2. The van der Waals surface area contributed by atoms with Gasteiger partial charge in [0.2, 0.25) is 5.91 Å². The molecule has 0 bridgehead atoms. The maximum Gasteiger partial charge on any atom is 0.251 e. The number of carbonyl (C=O) groups excluding carboxylic acids is 2. The molecule has 0 unspecified atom stereocenters. The van der Waals surface area contributed by atoms with Crippen LogP contribution in [0.25, 0.3) is 0 Å². The molecule has 6 heteroatoms. The van der Waals surface area contributed by atoms with Gasteiger partial charge in [0.25, 0.3) is 5.91 Å². The summed E-state index contributed by atoms with van der Waals surface area (Å²) in [7, 11) is 0. The van der Waals surface area contributed by atoms with Crippen molar-refractivity contribution in [3.63, 3.8) is 0 Å². The van der Waals surface area contributed by atoms with Gasteiger partial charge >= 0.3 is 0 Å². The number of hydrogen-bond acceptors (Lipinski definition) is 4. The highest BCUT2D eigenvalue weighted by molar-refractivity contribution is 5.98.